The number of esters is 2. The topological polar surface area (TPSA) is 150 Å². The molecule has 2 aliphatic heterocycles. The molecule has 0 radical (unpaired) electrons. The van der Waals surface area contributed by atoms with E-state index in [1.165, 1.54) is 57.6 Å². The van der Waals surface area contributed by atoms with Crippen molar-refractivity contribution in [2.24, 2.45) is 17.8 Å². The molecule has 8 bridgehead atoms. The van der Waals surface area contributed by atoms with Crippen molar-refractivity contribution in [2.75, 3.05) is 13.7 Å². The highest BCUT2D eigenvalue weighted by atomic mass is 16.5. The van der Waals surface area contributed by atoms with Gasteiger partial charge >= 0.3 is 11.9 Å². The molecule has 0 amide bonds. The van der Waals surface area contributed by atoms with E-state index < -0.39 is 11.9 Å². The molecule has 0 aromatic carbocycles. The highest BCUT2D eigenvalue weighted by molar-refractivity contribution is 5.96. The monoisotopic (exact) mass is 891 g/mol. The van der Waals surface area contributed by atoms with E-state index in [1.54, 1.807) is 6.92 Å². The maximum Gasteiger partial charge on any atom is 0.321 e. The van der Waals surface area contributed by atoms with Crippen LogP contribution in [0.1, 0.15) is 208 Å². The van der Waals surface area contributed by atoms with Crippen LogP contribution in [-0.4, -0.2) is 55.8 Å². The summed E-state index contributed by atoms with van der Waals surface area (Å²) in [5.74, 6) is 0.302. The zero-order valence-electron chi connectivity index (χ0n) is 41.5. The Labute approximate surface area is 387 Å². The lowest BCUT2D eigenvalue weighted by Crippen LogP contribution is -2.18. The number of methoxy groups -OCH3 is 1. The molecule has 4 N–H and O–H groups in total. The number of allylic oxidation sites excluding steroid dienone is 1. The average Bonchev–Trinajstić information content (AvgIpc) is 4.00. The molecule has 3 aromatic heterocycles. The molecule has 10 heteroatoms. The van der Waals surface area contributed by atoms with Crippen molar-refractivity contribution >= 4 is 45.5 Å². The molecule has 5 heterocycles. The van der Waals surface area contributed by atoms with Gasteiger partial charge in [-0.15, -0.1) is 0 Å². The first-order valence-corrected chi connectivity index (χ1v) is 24.7. The van der Waals surface area contributed by atoms with Gasteiger partial charge in [0.15, 0.2) is 0 Å². The summed E-state index contributed by atoms with van der Waals surface area (Å²) >= 11 is 0. The quantitative estimate of drug-likeness (QED) is 0.0686. The molecule has 0 fully saturated rings. The van der Waals surface area contributed by atoms with Crippen molar-refractivity contribution in [1.29, 1.82) is 0 Å². The molecule has 3 aromatic rings. The van der Waals surface area contributed by atoms with Gasteiger partial charge in [0.1, 0.15) is 18.3 Å². The number of aryl methyl sites for hydroxylation is 2. The number of hydrogen-bond acceptors (Lipinski definition) is 8. The number of aliphatic hydroxyl groups is 2. The largest absolute Gasteiger partial charge is 0.512 e. The number of nitrogens with zero attached hydrogens (tertiary/aromatic N) is 2. The third-order valence-electron chi connectivity index (χ3n) is 14.9. The number of carbonyl (C=O) groups is 2. The third kappa shape index (κ3) is 11.1. The molecule has 0 unspecified atom stereocenters. The van der Waals surface area contributed by atoms with Gasteiger partial charge in [-0.05, 0) is 107 Å². The van der Waals surface area contributed by atoms with Crippen LogP contribution in [0.4, 0.5) is 0 Å². The molecule has 6 rings (SSSR count). The molecule has 10 nitrogen and oxygen atoms in total. The van der Waals surface area contributed by atoms with Gasteiger partial charge in [0.25, 0.3) is 0 Å². The van der Waals surface area contributed by atoms with E-state index in [0.717, 1.165) is 81.1 Å². The van der Waals surface area contributed by atoms with E-state index >= 15 is 0 Å². The second kappa shape index (κ2) is 21.6. The fourth-order valence-electron chi connectivity index (χ4n) is 10.8. The van der Waals surface area contributed by atoms with E-state index in [-0.39, 0.29) is 54.2 Å². The smallest absolute Gasteiger partial charge is 0.321 e. The number of hydrogen-bond donors (Lipinski definition) is 4. The normalized spacial score (nSPS) is 20.9. The SMILES string of the molecule is CC[C@H]1c2cc3[nH]c4c(c5nc(cc6[nH]c(cc(n2)[C@@H]1C)/c(=C(\C)O)c6C)[C@@H](C)[C@@H]5CCC(=O)OC/C=C(\C)CCC[C@@H](C)CCC[C@H](C)CCCC(C)C)[C@@H](C(=O)OC)C(O)=c4c3C. The van der Waals surface area contributed by atoms with Gasteiger partial charge in [0.05, 0.1) is 29.6 Å². The fourth-order valence-corrected chi connectivity index (χ4v) is 10.8. The molecule has 0 saturated heterocycles. The number of fused-ring (bicyclic) bond motifs is 8. The number of carbonyl (C=O) groups excluding carboxylic acids is 2. The number of aliphatic hydroxyl groups excluding tert-OH is 2. The van der Waals surface area contributed by atoms with Crippen LogP contribution in [0.25, 0.3) is 33.6 Å². The lowest BCUT2D eigenvalue weighted by molar-refractivity contribution is -0.143. The molecule has 65 heavy (non-hydrogen) atoms. The number of nitrogens with one attached hydrogen (secondary N) is 2. The number of ether oxygens (including phenoxy) is 2. The first-order valence-electron chi connectivity index (χ1n) is 24.7. The van der Waals surface area contributed by atoms with E-state index in [4.69, 9.17) is 19.4 Å². The lowest BCUT2D eigenvalue weighted by atomic mass is 9.84. The second-order valence-electron chi connectivity index (χ2n) is 20.4. The Hall–Kier alpha value is -4.86. The summed E-state index contributed by atoms with van der Waals surface area (Å²) in [6.45, 7) is 23.8. The van der Waals surface area contributed by atoms with Crippen molar-refractivity contribution in [3.63, 3.8) is 0 Å². The molecule has 354 valence electrons. The molecular weight excluding hydrogens is 813 g/mol. The van der Waals surface area contributed by atoms with Gasteiger partial charge in [-0.1, -0.05) is 99.0 Å². The predicted molar refractivity (Wildman–Crippen MR) is 264 cm³/mol. The summed E-state index contributed by atoms with van der Waals surface area (Å²) in [7, 11) is 1.33. The standard InChI is InChI=1S/C55H78N4O6/c1-13-39-34(7)41-29-46-48(38(11)60)36(9)43(57-46)27-42-35(8)40(52(58-42)50-51(55(63)64-12)54(62)49-37(10)44(59-53(49)50)28-45(39)56-41)23-24-47(61)65-26-25-33(6)22-16-21-32(5)20-15-19-31(4)18-14-17-30(2)3/h25,27-32,34-35,39-40,51,57,59-60,62H,13-24,26H2,1-12H3/b33-25+,42-27?,45-28?,46-29?,48-38+/t31-,32+,34-,35+,39-,40+,51-/m1/s1. The minimum atomic E-state index is -1.09. The first-order chi connectivity index (χ1) is 30.9. The fraction of sp³-hybridized carbons (Fsp3) is 0.600. The Bertz CT molecular complexity index is 2540. The molecular formula is C55H78N4O6. The summed E-state index contributed by atoms with van der Waals surface area (Å²) in [5, 5.41) is 24.2. The van der Waals surface area contributed by atoms with Crippen LogP contribution in [0.5, 0.6) is 0 Å². The summed E-state index contributed by atoms with van der Waals surface area (Å²) < 4.78 is 11.1. The Kier molecular flexibility index (Phi) is 16.5. The predicted octanol–water partition coefficient (Wildman–Crippen LogP) is 12.4. The van der Waals surface area contributed by atoms with Crippen LogP contribution < -0.4 is 10.4 Å². The highest BCUT2D eigenvalue weighted by Crippen LogP contribution is 2.46. The minimum absolute atomic E-state index is 0.0748. The minimum Gasteiger partial charge on any atom is -0.512 e. The first kappa shape index (κ1) is 49.6. The van der Waals surface area contributed by atoms with Gasteiger partial charge in [-0.2, -0.15) is 0 Å². The maximum atomic E-state index is 13.7. The van der Waals surface area contributed by atoms with Gasteiger partial charge in [-0.25, -0.2) is 0 Å². The van der Waals surface area contributed by atoms with Gasteiger partial charge in [-0.3, -0.25) is 19.6 Å². The van der Waals surface area contributed by atoms with Crippen LogP contribution in [-0.2, 0) is 19.1 Å². The number of aromatic amines is 2. The van der Waals surface area contributed by atoms with E-state index in [1.807, 2.05) is 26.0 Å². The van der Waals surface area contributed by atoms with E-state index in [2.05, 4.69) is 77.5 Å². The Morgan fingerprint density at radius 1 is 0.800 bits per heavy atom. The third-order valence-corrected chi connectivity index (χ3v) is 14.9. The molecule has 3 aliphatic rings. The lowest BCUT2D eigenvalue weighted by Gasteiger charge is -2.19. The molecule has 0 saturated carbocycles. The van der Waals surface area contributed by atoms with E-state index in [9.17, 15) is 19.8 Å². The highest BCUT2D eigenvalue weighted by Gasteiger charge is 2.42. The summed E-state index contributed by atoms with van der Waals surface area (Å²) in [5.41, 5.74) is 9.71. The summed E-state index contributed by atoms with van der Waals surface area (Å²) in [6, 6.07) is 6.12. The summed E-state index contributed by atoms with van der Waals surface area (Å²) in [6.07, 6.45) is 14.8. The molecule has 7 atom stereocenters. The van der Waals surface area contributed by atoms with Crippen molar-refractivity contribution in [3.05, 3.63) is 79.8 Å². The van der Waals surface area contributed by atoms with Crippen molar-refractivity contribution < 1.29 is 29.3 Å². The number of aromatic nitrogens is 4. The zero-order valence-corrected chi connectivity index (χ0v) is 41.5. The van der Waals surface area contributed by atoms with Crippen molar-refractivity contribution in [1.82, 2.24) is 19.9 Å². The number of rotatable bonds is 19. The van der Waals surface area contributed by atoms with Crippen molar-refractivity contribution in [3.8, 4) is 0 Å². The van der Waals surface area contributed by atoms with Crippen LogP contribution in [0, 0.1) is 31.6 Å². The van der Waals surface area contributed by atoms with Gasteiger partial charge in [0, 0.05) is 74.2 Å². The maximum absolute atomic E-state index is 13.7. The van der Waals surface area contributed by atoms with Crippen LogP contribution >= 0.6 is 0 Å². The van der Waals surface area contributed by atoms with Gasteiger partial charge in [0.2, 0.25) is 0 Å². The molecule has 1 aliphatic carbocycles. The Balaban J connectivity index is 1.25. The summed E-state index contributed by atoms with van der Waals surface area (Å²) in [4.78, 5) is 44.8. The van der Waals surface area contributed by atoms with Crippen LogP contribution in [0.15, 0.2) is 29.8 Å². The van der Waals surface area contributed by atoms with Crippen molar-refractivity contribution in [2.45, 2.75) is 183 Å². The zero-order chi connectivity index (χ0) is 47.3. The molecule has 0 spiro atoms. The van der Waals surface area contributed by atoms with Crippen LogP contribution in [0.2, 0.25) is 0 Å². The van der Waals surface area contributed by atoms with Crippen LogP contribution in [0.3, 0.4) is 0 Å². The number of H-pyrrole nitrogens is 2. The van der Waals surface area contributed by atoms with Gasteiger partial charge < -0.3 is 29.7 Å². The van der Waals surface area contributed by atoms with E-state index in [0.29, 0.717) is 34.3 Å². The second-order valence-corrected chi connectivity index (χ2v) is 20.4. The Morgan fingerprint density at radius 2 is 1.40 bits per heavy atom. The average molecular weight is 891 g/mol. The Morgan fingerprint density at radius 3 is 2.05 bits per heavy atom.